The van der Waals surface area contributed by atoms with E-state index in [4.69, 9.17) is 9.84 Å². The van der Waals surface area contributed by atoms with Gasteiger partial charge in [0.15, 0.2) is 11.6 Å². The van der Waals surface area contributed by atoms with Crippen molar-refractivity contribution in [1.29, 1.82) is 0 Å². The summed E-state index contributed by atoms with van der Waals surface area (Å²) >= 11 is 0. The number of hydrogen-bond donors (Lipinski definition) is 1. The first-order chi connectivity index (χ1) is 13.0. The van der Waals surface area contributed by atoms with Crippen LogP contribution in [0.3, 0.4) is 0 Å². The van der Waals surface area contributed by atoms with E-state index >= 15 is 0 Å². The summed E-state index contributed by atoms with van der Waals surface area (Å²) in [5.74, 6) is -3.17. The van der Waals surface area contributed by atoms with Gasteiger partial charge in [0.2, 0.25) is 5.82 Å². The predicted octanol–water partition coefficient (Wildman–Crippen LogP) is 6.46. The number of carboxylic acids is 1. The van der Waals surface area contributed by atoms with Crippen LogP contribution >= 0.6 is 0 Å². The Morgan fingerprint density at radius 2 is 1.52 bits per heavy atom. The van der Waals surface area contributed by atoms with E-state index in [-0.39, 0.29) is 16.9 Å². The molecule has 0 heterocycles. The van der Waals surface area contributed by atoms with Gasteiger partial charge in [0.1, 0.15) is 0 Å². The van der Waals surface area contributed by atoms with Gasteiger partial charge >= 0.3 is 5.97 Å². The largest absolute Gasteiger partial charge is 0.490 e. The van der Waals surface area contributed by atoms with Gasteiger partial charge in [-0.25, -0.2) is 9.18 Å². The molecule has 27 heavy (non-hydrogen) atoms. The lowest BCUT2D eigenvalue weighted by Crippen LogP contribution is -2.02. The van der Waals surface area contributed by atoms with Crippen LogP contribution in [-0.4, -0.2) is 17.7 Å². The number of carbonyl (C=O) groups is 1. The first-order valence-electron chi connectivity index (χ1n) is 9.49. The Morgan fingerprint density at radius 3 is 2.15 bits per heavy atom. The first kappa shape index (κ1) is 20.9. The Balaban J connectivity index is 1.91. The summed E-state index contributed by atoms with van der Waals surface area (Å²) in [5.41, 5.74) is 0.581. The van der Waals surface area contributed by atoms with Gasteiger partial charge in [-0.15, -0.1) is 0 Å². The molecule has 2 rings (SSSR count). The Kier molecular flexibility index (Phi) is 8.24. The number of aromatic carboxylic acids is 1. The number of hydrogen-bond acceptors (Lipinski definition) is 2. The Bertz CT molecular complexity index is 742. The third kappa shape index (κ3) is 6.05. The molecular formula is C22H26F2O3. The highest BCUT2D eigenvalue weighted by Crippen LogP contribution is 2.30. The number of ether oxygens (including phenoxy) is 1. The second-order valence-electron chi connectivity index (χ2n) is 6.59. The topological polar surface area (TPSA) is 46.5 Å². The molecule has 0 aliphatic rings. The summed E-state index contributed by atoms with van der Waals surface area (Å²) in [5, 5.41) is 8.91. The molecule has 0 amide bonds. The van der Waals surface area contributed by atoms with Gasteiger partial charge in [0, 0.05) is 5.56 Å². The third-order valence-electron chi connectivity index (χ3n) is 4.50. The van der Waals surface area contributed by atoms with Gasteiger partial charge < -0.3 is 9.84 Å². The van der Waals surface area contributed by atoms with Gasteiger partial charge in [-0.3, -0.25) is 0 Å². The van der Waals surface area contributed by atoms with Crippen LogP contribution in [0, 0.1) is 11.6 Å². The second kappa shape index (κ2) is 10.7. The van der Waals surface area contributed by atoms with Crippen LogP contribution in [-0.2, 0) is 0 Å². The molecule has 3 nitrogen and oxygen atoms in total. The lowest BCUT2D eigenvalue weighted by molar-refractivity contribution is 0.0697. The van der Waals surface area contributed by atoms with Gasteiger partial charge in [-0.2, -0.15) is 4.39 Å². The fraction of sp³-hybridized carbons (Fsp3) is 0.409. The Labute approximate surface area is 159 Å². The first-order valence-corrected chi connectivity index (χ1v) is 9.49. The van der Waals surface area contributed by atoms with Crippen LogP contribution < -0.4 is 4.74 Å². The van der Waals surface area contributed by atoms with Crippen molar-refractivity contribution in [2.75, 3.05) is 6.61 Å². The highest BCUT2D eigenvalue weighted by atomic mass is 19.2. The Morgan fingerprint density at radius 1 is 0.889 bits per heavy atom. The van der Waals surface area contributed by atoms with Crippen LogP contribution in [0.1, 0.15) is 62.2 Å². The standard InChI is InChI=1S/C22H26F2O3/c1-2-3-4-5-6-7-8-15-27-19-14-13-18(20(23)21(19)24)16-9-11-17(12-10-16)22(25)26/h9-14H,2-8,15H2,1H3,(H,25,26). The summed E-state index contributed by atoms with van der Waals surface area (Å²) in [4.78, 5) is 10.9. The molecule has 0 aliphatic heterocycles. The SMILES string of the molecule is CCCCCCCCCOc1ccc(-c2ccc(C(=O)O)cc2)c(F)c1F. The monoisotopic (exact) mass is 376 g/mol. The lowest BCUT2D eigenvalue weighted by Gasteiger charge is -2.11. The number of halogens is 2. The maximum Gasteiger partial charge on any atom is 0.335 e. The fourth-order valence-corrected chi connectivity index (χ4v) is 2.90. The summed E-state index contributed by atoms with van der Waals surface area (Å²) in [6.45, 7) is 2.54. The molecule has 2 aromatic carbocycles. The molecular weight excluding hydrogens is 350 g/mol. The van der Waals surface area contributed by atoms with E-state index in [1.54, 1.807) is 0 Å². The molecule has 146 valence electrons. The van der Waals surface area contributed by atoms with Crippen LogP contribution in [0.25, 0.3) is 11.1 Å². The van der Waals surface area contributed by atoms with E-state index in [9.17, 15) is 13.6 Å². The minimum atomic E-state index is -1.07. The quantitative estimate of drug-likeness (QED) is 0.458. The van der Waals surface area contributed by atoms with Crippen molar-refractivity contribution in [1.82, 2.24) is 0 Å². The van der Waals surface area contributed by atoms with Crippen LogP contribution in [0.15, 0.2) is 36.4 Å². The number of unbranched alkanes of at least 4 members (excludes halogenated alkanes) is 6. The van der Waals surface area contributed by atoms with Gasteiger partial charge in [-0.05, 0) is 36.2 Å². The van der Waals surface area contributed by atoms with Crippen molar-refractivity contribution >= 4 is 5.97 Å². The molecule has 5 heteroatoms. The molecule has 0 bridgehead atoms. The molecule has 1 N–H and O–H groups in total. The van der Waals surface area contributed by atoms with E-state index in [0.29, 0.717) is 12.2 Å². The summed E-state index contributed by atoms with van der Waals surface area (Å²) in [6.07, 6.45) is 7.87. The predicted molar refractivity (Wildman–Crippen MR) is 102 cm³/mol. The zero-order valence-corrected chi connectivity index (χ0v) is 15.6. The van der Waals surface area contributed by atoms with Crippen molar-refractivity contribution in [2.24, 2.45) is 0 Å². The Hall–Kier alpha value is -2.43. The molecule has 2 aromatic rings. The highest BCUT2D eigenvalue weighted by Gasteiger charge is 2.16. The summed E-state index contributed by atoms with van der Waals surface area (Å²) in [6, 6.07) is 8.51. The van der Waals surface area contributed by atoms with Crippen LogP contribution in [0.2, 0.25) is 0 Å². The summed E-state index contributed by atoms with van der Waals surface area (Å²) in [7, 11) is 0. The number of benzene rings is 2. The molecule has 0 spiro atoms. The van der Waals surface area contributed by atoms with E-state index in [2.05, 4.69) is 6.92 Å². The zero-order valence-electron chi connectivity index (χ0n) is 15.6. The smallest absolute Gasteiger partial charge is 0.335 e. The third-order valence-corrected chi connectivity index (χ3v) is 4.50. The molecule has 0 fully saturated rings. The van der Waals surface area contributed by atoms with Crippen molar-refractivity contribution < 1.29 is 23.4 Å². The van der Waals surface area contributed by atoms with Crippen molar-refractivity contribution in [2.45, 2.75) is 51.9 Å². The lowest BCUT2D eigenvalue weighted by atomic mass is 10.0. The summed E-state index contributed by atoms with van der Waals surface area (Å²) < 4.78 is 34.1. The van der Waals surface area contributed by atoms with E-state index in [1.165, 1.54) is 62.1 Å². The minimum absolute atomic E-state index is 0.0766. The van der Waals surface area contributed by atoms with E-state index in [0.717, 1.165) is 19.3 Å². The van der Waals surface area contributed by atoms with Crippen molar-refractivity contribution in [3.8, 4) is 16.9 Å². The second-order valence-corrected chi connectivity index (χ2v) is 6.59. The molecule has 0 aliphatic carbocycles. The van der Waals surface area contributed by atoms with Gasteiger partial charge in [-0.1, -0.05) is 57.6 Å². The molecule has 0 saturated carbocycles. The number of carboxylic acid groups (broad SMARTS) is 1. The molecule has 0 radical (unpaired) electrons. The van der Waals surface area contributed by atoms with Crippen LogP contribution in [0.4, 0.5) is 8.78 Å². The fourth-order valence-electron chi connectivity index (χ4n) is 2.90. The van der Waals surface area contributed by atoms with E-state index < -0.39 is 17.6 Å². The maximum atomic E-state index is 14.4. The maximum absolute atomic E-state index is 14.4. The number of rotatable bonds is 11. The van der Waals surface area contributed by atoms with Crippen molar-refractivity contribution in [3.63, 3.8) is 0 Å². The molecule has 0 saturated heterocycles. The molecule has 0 aromatic heterocycles. The molecule has 0 atom stereocenters. The zero-order chi connectivity index (χ0) is 19.6. The average molecular weight is 376 g/mol. The van der Waals surface area contributed by atoms with E-state index in [1.807, 2.05) is 0 Å². The van der Waals surface area contributed by atoms with Gasteiger partial charge in [0.05, 0.1) is 12.2 Å². The highest BCUT2D eigenvalue weighted by molar-refractivity contribution is 5.88. The minimum Gasteiger partial charge on any atom is -0.490 e. The van der Waals surface area contributed by atoms with Crippen molar-refractivity contribution in [3.05, 3.63) is 53.6 Å². The van der Waals surface area contributed by atoms with Gasteiger partial charge in [0.25, 0.3) is 0 Å². The normalized spacial score (nSPS) is 10.8. The average Bonchev–Trinajstić information content (AvgIpc) is 2.67. The molecule has 0 unspecified atom stereocenters. The van der Waals surface area contributed by atoms with Crippen LogP contribution in [0.5, 0.6) is 5.75 Å².